The Morgan fingerprint density at radius 1 is 0.469 bits per heavy atom. The molecule has 0 spiro atoms. The normalized spacial score (nSPS) is 11.9. The number of benzene rings is 6. The molecule has 150 valence electrons. The first kappa shape index (κ1) is 17.9. The van der Waals surface area contributed by atoms with Gasteiger partial charge >= 0.3 is 0 Å². The van der Waals surface area contributed by atoms with Crippen LogP contribution < -0.4 is 0 Å². The molecule has 0 amide bonds. The predicted octanol–water partition coefficient (Wildman–Crippen LogP) is 9.49. The highest BCUT2D eigenvalue weighted by Crippen LogP contribution is 2.42. The first-order chi connectivity index (χ1) is 15.8. The molecule has 1 aromatic heterocycles. The van der Waals surface area contributed by atoms with Crippen molar-refractivity contribution >= 4 is 63.8 Å². The van der Waals surface area contributed by atoms with Crippen molar-refractivity contribution in [3.63, 3.8) is 0 Å². The van der Waals surface area contributed by atoms with Gasteiger partial charge in [0.25, 0.3) is 0 Å². The molecule has 0 bridgehead atoms. The maximum atomic E-state index is 2.40. The van der Waals surface area contributed by atoms with Crippen molar-refractivity contribution in [2.45, 2.75) is 6.92 Å². The quantitative estimate of drug-likeness (QED) is 0.230. The molecule has 1 heteroatoms. The number of thiophene rings is 1. The average Bonchev–Trinajstić information content (AvgIpc) is 3.22. The van der Waals surface area contributed by atoms with Gasteiger partial charge in [0.1, 0.15) is 0 Å². The van der Waals surface area contributed by atoms with Crippen LogP contribution in [0.2, 0.25) is 0 Å². The highest BCUT2D eigenvalue weighted by atomic mass is 32.1. The number of aryl methyl sites for hydroxylation is 1. The van der Waals surface area contributed by atoms with Crippen LogP contribution in [0.1, 0.15) is 5.56 Å². The average molecular weight is 425 g/mol. The molecule has 0 radical (unpaired) electrons. The largest absolute Gasteiger partial charge is 0.135 e. The molecule has 0 aliphatic rings. The number of hydrogen-bond acceptors (Lipinski definition) is 1. The SMILES string of the molecule is Cc1ccc2sc3c(-c4ccc5c6ccccc6c6ccccc6c5c4)cccc3c2c1. The van der Waals surface area contributed by atoms with Gasteiger partial charge in [-0.3, -0.25) is 0 Å². The Balaban J connectivity index is 1.58. The molecule has 0 aliphatic heterocycles. The molecule has 0 N–H and O–H groups in total. The van der Waals surface area contributed by atoms with Gasteiger partial charge in [-0.05, 0) is 68.6 Å². The van der Waals surface area contributed by atoms with Gasteiger partial charge in [0, 0.05) is 20.2 Å². The number of hydrogen-bond donors (Lipinski definition) is 0. The second-order valence-corrected chi connectivity index (χ2v) is 9.69. The minimum Gasteiger partial charge on any atom is -0.135 e. The van der Waals surface area contributed by atoms with Crippen LogP contribution in [-0.2, 0) is 0 Å². The van der Waals surface area contributed by atoms with Gasteiger partial charge in [0.15, 0.2) is 0 Å². The minimum absolute atomic E-state index is 1.28. The van der Waals surface area contributed by atoms with Crippen molar-refractivity contribution in [1.82, 2.24) is 0 Å². The first-order valence-corrected chi connectivity index (χ1v) is 11.8. The van der Waals surface area contributed by atoms with Crippen LogP contribution in [0.5, 0.6) is 0 Å². The maximum Gasteiger partial charge on any atom is 0.0433 e. The molecular formula is C31H20S. The lowest BCUT2D eigenvalue weighted by Gasteiger charge is -2.12. The van der Waals surface area contributed by atoms with Gasteiger partial charge in [0.05, 0.1) is 0 Å². The minimum atomic E-state index is 1.28. The summed E-state index contributed by atoms with van der Waals surface area (Å²) in [5.41, 5.74) is 3.92. The Hall–Kier alpha value is -3.68. The summed E-state index contributed by atoms with van der Waals surface area (Å²) in [5, 5.41) is 10.7. The first-order valence-electron chi connectivity index (χ1n) is 11.0. The standard InChI is InChI=1S/C31H20S/c1-19-13-16-30-29(17-19)27-12-6-11-21(31(27)32-30)20-14-15-26-24-9-3-2-7-22(24)23-8-4-5-10-25(23)28(26)18-20/h2-18H,1H3. The Kier molecular flexibility index (Phi) is 3.73. The van der Waals surface area contributed by atoms with Crippen LogP contribution in [0.3, 0.4) is 0 Å². The lowest BCUT2D eigenvalue weighted by Crippen LogP contribution is -1.85. The zero-order valence-electron chi connectivity index (χ0n) is 17.7. The van der Waals surface area contributed by atoms with Crippen LogP contribution in [0, 0.1) is 6.92 Å². The van der Waals surface area contributed by atoms with Crippen molar-refractivity contribution < 1.29 is 0 Å². The summed E-state index contributed by atoms with van der Waals surface area (Å²) in [6.07, 6.45) is 0. The van der Waals surface area contributed by atoms with Gasteiger partial charge in [-0.2, -0.15) is 0 Å². The zero-order valence-corrected chi connectivity index (χ0v) is 18.5. The topological polar surface area (TPSA) is 0 Å². The summed E-state index contributed by atoms with van der Waals surface area (Å²) in [6, 6.07) is 38.1. The van der Waals surface area contributed by atoms with Crippen molar-refractivity contribution in [1.29, 1.82) is 0 Å². The van der Waals surface area contributed by atoms with E-state index in [4.69, 9.17) is 0 Å². The van der Waals surface area contributed by atoms with Crippen LogP contribution in [0.15, 0.2) is 103 Å². The van der Waals surface area contributed by atoms with Gasteiger partial charge < -0.3 is 0 Å². The fourth-order valence-corrected chi connectivity index (χ4v) is 6.43. The van der Waals surface area contributed by atoms with E-state index in [1.54, 1.807) is 0 Å². The summed E-state index contributed by atoms with van der Waals surface area (Å²) in [4.78, 5) is 0. The highest BCUT2D eigenvalue weighted by Gasteiger charge is 2.13. The predicted molar refractivity (Wildman–Crippen MR) is 142 cm³/mol. The third-order valence-electron chi connectivity index (χ3n) is 6.71. The summed E-state index contributed by atoms with van der Waals surface area (Å²) >= 11 is 1.90. The third kappa shape index (κ3) is 2.49. The molecule has 0 atom stereocenters. The molecule has 0 saturated carbocycles. The lowest BCUT2D eigenvalue weighted by molar-refractivity contribution is 1.52. The maximum absolute atomic E-state index is 2.40. The van der Waals surface area contributed by atoms with E-state index < -0.39 is 0 Å². The lowest BCUT2D eigenvalue weighted by atomic mass is 9.92. The smallest absolute Gasteiger partial charge is 0.0433 e. The number of fused-ring (bicyclic) bond motifs is 9. The van der Waals surface area contributed by atoms with E-state index in [2.05, 4.69) is 110 Å². The number of rotatable bonds is 1. The van der Waals surface area contributed by atoms with E-state index in [0.29, 0.717) is 0 Å². The van der Waals surface area contributed by atoms with Crippen molar-refractivity contribution in [2.75, 3.05) is 0 Å². The molecule has 6 aromatic carbocycles. The Morgan fingerprint density at radius 3 is 1.81 bits per heavy atom. The molecule has 0 saturated heterocycles. The van der Waals surface area contributed by atoms with Crippen LogP contribution in [0.25, 0.3) is 63.6 Å². The Bertz CT molecular complexity index is 1800. The van der Waals surface area contributed by atoms with Crippen LogP contribution in [-0.4, -0.2) is 0 Å². The van der Waals surface area contributed by atoms with E-state index in [1.165, 1.54) is 69.2 Å². The fourth-order valence-electron chi connectivity index (χ4n) is 5.21. The van der Waals surface area contributed by atoms with Gasteiger partial charge in [0.2, 0.25) is 0 Å². The van der Waals surface area contributed by atoms with Crippen molar-refractivity contribution in [2.24, 2.45) is 0 Å². The molecule has 0 nitrogen and oxygen atoms in total. The molecule has 0 unspecified atom stereocenters. The summed E-state index contributed by atoms with van der Waals surface area (Å²) in [6.45, 7) is 2.17. The summed E-state index contributed by atoms with van der Waals surface area (Å²) < 4.78 is 2.73. The summed E-state index contributed by atoms with van der Waals surface area (Å²) in [5.74, 6) is 0. The van der Waals surface area contributed by atoms with Crippen LogP contribution in [0.4, 0.5) is 0 Å². The molecule has 7 rings (SSSR count). The molecular weight excluding hydrogens is 404 g/mol. The van der Waals surface area contributed by atoms with Crippen molar-refractivity contribution in [3.8, 4) is 11.1 Å². The molecule has 1 heterocycles. The monoisotopic (exact) mass is 424 g/mol. The molecule has 0 fully saturated rings. The summed E-state index contributed by atoms with van der Waals surface area (Å²) in [7, 11) is 0. The Morgan fingerprint density at radius 2 is 1.09 bits per heavy atom. The second-order valence-electron chi connectivity index (χ2n) is 8.64. The van der Waals surface area contributed by atoms with Gasteiger partial charge in [-0.15, -0.1) is 11.3 Å². The third-order valence-corrected chi connectivity index (χ3v) is 7.93. The molecule has 32 heavy (non-hydrogen) atoms. The van der Waals surface area contributed by atoms with E-state index in [1.807, 2.05) is 11.3 Å². The Labute approximate surface area is 190 Å². The van der Waals surface area contributed by atoms with E-state index in [0.717, 1.165) is 0 Å². The van der Waals surface area contributed by atoms with E-state index in [9.17, 15) is 0 Å². The van der Waals surface area contributed by atoms with Gasteiger partial charge in [-0.25, -0.2) is 0 Å². The second kappa shape index (κ2) is 6.66. The fraction of sp³-hybridized carbons (Fsp3) is 0.0323. The van der Waals surface area contributed by atoms with E-state index >= 15 is 0 Å². The van der Waals surface area contributed by atoms with Gasteiger partial charge in [-0.1, -0.05) is 90.5 Å². The molecule has 7 aromatic rings. The highest BCUT2D eigenvalue weighted by molar-refractivity contribution is 7.26. The zero-order chi connectivity index (χ0) is 21.2. The molecule has 0 aliphatic carbocycles. The van der Waals surface area contributed by atoms with E-state index in [-0.39, 0.29) is 0 Å². The van der Waals surface area contributed by atoms with Crippen LogP contribution >= 0.6 is 11.3 Å². The van der Waals surface area contributed by atoms with Crippen molar-refractivity contribution in [3.05, 3.63) is 109 Å².